The van der Waals surface area contributed by atoms with E-state index < -0.39 is 17.7 Å². The zero-order valence-electron chi connectivity index (χ0n) is 13.2. The van der Waals surface area contributed by atoms with Crippen molar-refractivity contribution in [2.45, 2.75) is 19.3 Å². The zero-order valence-corrected chi connectivity index (χ0v) is 13.2. The molecule has 0 aromatic heterocycles. The van der Waals surface area contributed by atoms with Gasteiger partial charge in [-0.2, -0.15) is 0 Å². The van der Waals surface area contributed by atoms with E-state index in [1.165, 1.54) is 42.5 Å². The lowest BCUT2D eigenvalue weighted by molar-refractivity contribution is -0.136. The Labute approximate surface area is 142 Å². The summed E-state index contributed by atoms with van der Waals surface area (Å²) >= 11 is 0. The summed E-state index contributed by atoms with van der Waals surface area (Å²) in [5, 5.41) is 20.9. The van der Waals surface area contributed by atoms with Crippen LogP contribution in [0.1, 0.15) is 28.8 Å². The highest BCUT2D eigenvalue weighted by atomic mass is 19.1. The number of amides is 1. The Hall–Kier alpha value is -3.22. The van der Waals surface area contributed by atoms with Crippen LogP contribution >= 0.6 is 0 Å². The van der Waals surface area contributed by atoms with Gasteiger partial charge in [-0.15, -0.1) is 0 Å². The van der Waals surface area contributed by atoms with Crippen molar-refractivity contribution in [1.29, 1.82) is 0 Å². The average Bonchev–Trinajstić information content (AvgIpc) is 2.56. The van der Waals surface area contributed by atoms with Crippen LogP contribution in [0.2, 0.25) is 0 Å². The molecule has 0 fully saturated rings. The Morgan fingerprint density at radius 1 is 1.00 bits per heavy atom. The Bertz CT molecular complexity index is 802. The van der Waals surface area contributed by atoms with E-state index in [4.69, 9.17) is 5.11 Å². The number of halogens is 1. The molecule has 0 aliphatic carbocycles. The minimum atomic E-state index is -1.03. The number of carboxylic acids is 1. The number of aliphatic carboxylic acids is 1. The van der Waals surface area contributed by atoms with E-state index in [1.807, 2.05) is 0 Å². The molecule has 7 heteroatoms. The van der Waals surface area contributed by atoms with Crippen LogP contribution in [0.15, 0.2) is 42.5 Å². The summed E-state index contributed by atoms with van der Waals surface area (Å²) in [6.07, 6.45) is -0.446. The molecule has 0 aliphatic heterocycles. The SMILES string of the molecule is O=C(O)Cc1ccc(O)c(NC(=O)CCC(=O)c2ccc(F)cc2)c1. The summed E-state index contributed by atoms with van der Waals surface area (Å²) in [4.78, 5) is 34.6. The Kier molecular flexibility index (Phi) is 5.84. The first-order valence-electron chi connectivity index (χ1n) is 7.47. The average molecular weight is 345 g/mol. The molecule has 3 N–H and O–H groups in total. The first kappa shape index (κ1) is 18.1. The minimum Gasteiger partial charge on any atom is -0.506 e. The van der Waals surface area contributed by atoms with Crippen molar-refractivity contribution in [2.75, 3.05) is 5.32 Å². The van der Waals surface area contributed by atoms with Gasteiger partial charge in [0, 0.05) is 18.4 Å². The summed E-state index contributed by atoms with van der Waals surface area (Å²) in [6.45, 7) is 0. The number of carboxylic acid groups (broad SMARTS) is 1. The molecule has 0 heterocycles. The smallest absolute Gasteiger partial charge is 0.307 e. The lowest BCUT2D eigenvalue weighted by atomic mass is 10.1. The van der Waals surface area contributed by atoms with Crippen LogP contribution in [-0.4, -0.2) is 27.9 Å². The summed E-state index contributed by atoms with van der Waals surface area (Å²) in [6, 6.07) is 9.12. The molecule has 2 aromatic carbocycles. The maximum Gasteiger partial charge on any atom is 0.307 e. The third-order valence-electron chi connectivity index (χ3n) is 3.44. The summed E-state index contributed by atoms with van der Waals surface area (Å²) in [5.41, 5.74) is 0.807. The Morgan fingerprint density at radius 3 is 2.32 bits per heavy atom. The van der Waals surface area contributed by atoms with E-state index in [1.54, 1.807) is 0 Å². The van der Waals surface area contributed by atoms with Gasteiger partial charge in [-0.1, -0.05) is 6.07 Å². The number of hydrogen-bond donors (Lipinski definition) is 3. The van der Waals surface area contributed by atoms with E-state index in [2.05, 4.69) is 5.32 Å². The fourth-order valence-corrected chi connectivity index (χ4v) is 2.19. The number of ketones is 1. The third kappa shape index (κ3) is 5.42. The summed E-state index contributed by atoms with van der Waals surface area (Å²) in [5.74, 6) is -2.50. The minimum absolute atomic E-state index is 0.0763. The van der Waals surface area contributed by atoms with Crippen molar-refractivity contribution in [3.8, 4) is 5.75 Å². The van der Waals surface area contributed by atoms with Crippen molar-refractivity contribution in [3.63, 3.8) is 0 Å². The van der Waals surface area contributed by atoms with Gasteiger partial charge in [0.05, 0.1) is 12.1 Å². The molecule has 130 valence electrons. The quantitative estimate of drug-likeness (QED) is 0.529. The van der Waals surface area contributed by atoms with Gasteiger partial charge in [0.15, 0.2) is 5.78 Å². The van der Waals surface area contributed by atoms with Crippen LogP contribution < -0.4 is 5.32 Å². The molecule has 25 heavy (non-hydrogen) atoms. The van der Waals surface area contributed by atoms with E-state index in [9.17, 15) is 23.9 Å². The number of benzene rings is 2. The number of anilines is 1. The van der Waals surface area contributed by atoms with Gasteiger partial charge in [-0.3, -0.25) is 14.4 Å². The van der Waals surface area contributed by atoms with Crippen LogP contribution in [0, 0.1) is 5.82 Å². The molecular formula is C18H16FNO5. The van der Waals surface area contributed by atoms with Crippen LogP contribution in [0.3, 0.4) is 0 Å². The second kappa shape index (κ2) is 8.05. The van der Waals surface area contributed by atoms with Gasteiger partial charge >= 0.3 is 5.97 Å². The molecule has 2 rings (SSSR count). The number of phenols is 1. The van der Waals surface area contributed by atoms with E-state index in [0.717, 1.165) is 0 Å². The standard InChI is InChI=1S/C18H16FNO5/c19-13-4-2-12(3-5-13)15(21)7-8-17(23)20-14-9-11(10-18(24)25)1-6-16(14)22/h1-6,9,22H,7-8,10H2,(H,20,23)(H,24,25). The van der Waals surface area contributed by atoms with Crippen LogP contribution in [0.4, 0.5) is 10.1 Å². The fourth-order valence-electron chi connectivity index (χ4n) is 2.19. The number of hydrogen-bond acceptors (Lipinski definition) is 4. The molecule has 0 aliphatic rings. The lowest BCUT2D eigenvalue weighted by Crippen LogP contribution is -2.14. The fraction of sp³-hybridized carbons (Fsp3) is 0.167. The molecule has 2 aromatic rings. The maximum absolute atomic E-state index is 12.8. The first-order valence-corrected chi connectivity index (χ1v) is 7.47. The number of aromatic hydroxyl groups is 1. The molecular weight excluding hydrogens is 329 g/mol. The molecule has 6 nitrogen and oxygen atoms in total. The van der Waals surface area contributed by atoms with Gasteiger partial charge in [-0.05, 0) is 42.0 Å². The van der Waals surface area contributed by atoms with E-state index in [0.29, 0.717) is 11.1 Å². The van der Waals surface area contributed by atoms with Crippen molar-refractivity contribution >= 4 is 23.3 Å². The van der Waals surface area contributed by atoms with Gasteiger partial charge in [-0.25, -0.2) is 4.39 Å². The highest BCUT2D eigenvalue weighted by Gasteiger charge is 2.12. The van der Waals surface area contributed by atoms with Crippen LogP contribution in [0.25, 0.3) is 0 Å². The normalized spacial score (nSPS) is 10.3. The van der Waals surface area contributed by atoms with E-state index in [-0.39, 0.29) is 36.5 Å². The van der Waals surface area contributed by atoms with Crippen molar-refractivity contribution in [1.82, 2.24) is 0 Å². The zero-order chi connectivity index (χ0) is 18.4. The highest BCUT2D eigenvalue weighted by Crippen LogP contribution is 2.25. The van der Waals surface area contributed by atoms with Crippen molar-refractivity contribution in [3.05, 3.63) is 59.4 Å². The molecule has 0 atom stereocenters. The number of Topliss-reactive ketones (excluding diaryl/α,β-unsaturated/α-hetero) is 1. The number of carbonyl (C=O) groups is 3. The van der Waals surface area contributed by atoms with Gasteiger partial charge in [0.2, 0.25) is 5.91 Å². The highest BCUT2D eigenvalue weighted by molar-refractivity contribution is 6.00. The largest absolute Gasteiger partial charge is 0.506 e. The molecule has 0 radical (unpaired) electrons. The second-order valence-electron chi connectivity index (χ2n) is 5.40. The molecule has 0 saturated heterocycles. The molecule has 0 saturated carbocycles. The Balaban J connectivity index is 1.94. The first-order chi connectivity index (χ1) is 11.8. The van der Waals surface area contributed by atoms with Crippen LogP contribution in [-0.2, 0) is 16.0 Å². The third-order valence-corrected chi connectivity index (χ3v) is 3.44. The van der Waals surface area contributed by atoms with Crippen molar-refractivity contribution < 1.29 is 29.0 Å². The molecule has 0 bridgehead atoms. The van der Waals surface area contributed by atoms with Gasteiger partial charge in [0.25, 0.3) is 0 Å². The molecule has 1 amide bonds. The maximum atomic E-state index is 12.8. The molecule has 0 spiro atoms. The lowest BCUT2D eigenvalue weighted by Gasteiger charge is -2.09. The second-order valence-corrected chi connectivity index (χ2v) is 5.40. The van der Waals surface area contributed by atoms with Crippen LogP contribution in [0.5, 0.6) is 5.75 Å². The van der Waals surface area contributed by atoms with E-state index >= 15 is 0 Å². The topological polar surface area (TPSA) is 104 Å². The van der Waals surface area contributed by atoms with Crippen molar-refractivity contribution in [2.24, 2.45) is 0 Å². The number of rotatable bonds is 7. The predicted octanol–water partition coefficient (Wildman–Crippen LogP) is 2.76. The number of phenolic OH excluding ortho intramolecular Hbond substituents is 1. The Morgan fingerprint density at radius 2 is 1.68 bits per heavy atom. The van der Waals surface area contributed by atoms with Gasteiger partial charge < -0.3 is 15.5 Å². The monoisotopic (exact) mass is 345 g/mol. The van der Waals surface area contributed by atoms with Gasteiger partial charge in [0.1, 0.15) is 11.6 Å². The molecule has 0 unspecified atom stereocenters. The number of carbonyl (C=O) groups excluding carboxylic acids is 2. The number of nitrogens with one attached hydrogen (secondary N) is 1. The summed E-state index contributed by atoms with van der Waals surface area (Å²) in [7, 11) is 0. The predicted molar refractivity (Wildman–Crippen MR) is 88.0 cm³/mol. The summed E-state index contributed by atoms with van der Waals surface area (Å²) < 4.78 is 12.8.